The van der Waals surface area contributed by atoms with Crippen LogP contribution in [0.4, 0.5) is 0 Å². The van der Waals surface area contributed by atoms with Crippen LogP contribution in [0.1, 0.15) is 46.0 Å². The van der Waals surface area contributed by atoms with Gasteiger partial charge in [-0.2, -0.15) is 0 Å². The van der Waals surface area contributed by atoms with Crippen LogP contribution in [0.2, 0.25) is 12.4 Å². The molecule has 7 heteroatoms. The van der Waals surface area contributed by atoms with Crippen LogP contribution in [0.5, 0.6) is 0 Å². The molecule has 0 atom stereocenters. The van der Waals surface area contributed by atoms with Crippen LogP contribution in [0, 0.1) is 0 Å². The molecular formula is C14H33BO5Si. The molecule has 0 saturated heterocycles. The third-order valence-electron chi connectivity index (χ3n) is 3.46. The van der Waals surface area contributed by atoms with Crippen molar-refractivity contribution in [2.45, 2.75) is 58.3 Å². The van der Waals surface area contributed by atoms with Gasteiger partial charge < -0.3 is 22.6 Å². The lowest BCUT2D eigenvalue weighted by Gasteiger charge is -2.24. The maximum Gasteiger partial charge on any atom is 0.500 e. The summed E-state index contributed by atoms with van der Waals surface area (Å²) in [5.41, 5.74) is 0. The van der Waals surface area contributed by atoms with Crippen molar-refractivity contribution in [3.63, 3.8) is 0 Å². The van der Waals surface area contributed by atoms with Crippen molar-refractivity contribution < 1.29 is 22.6 Å². The Bertz CT molecular complexity index is 211. The van der Waals surface area contributed by atoms with Gasteiger partial charge in [0.15, 0.2) is 0 Å². The summed E-state index contributed by atoms with van der Waals surface area (Å²) in [5, 5.41) is 0. The first kappa shape index (κ1) is 21.1. The molecule has 0 heterocycles. The molecule has 0 aliphatic carbocycles. The Labute approximate surface area is 132 Å². The molecule has 0 radical (unpaired) electrons. The standard InChI is InChI=1S/C14H33BO5Si/c1-6-8-12-19-15(20-13-9-7-2)11-10-14-21(16-3,17-4)18-5/h6-14H2,1-5H3. The highest BCUT2D eigenvalue weighted by atomic mass is 28.4. The van der Waals surface area contributed by atoms with Gasteiger partial charge in [0.2, 0.25) is 0 Å². The molecule has 0 aliphatic rings. The minimum Gasteiger partial charge on any atom is -0.411 e. The second kappa shape index (κ2) is 13.7. The molecule has 0 N–H and O–H groups in total. The van der Waals surface area contributed by atoms with Gasteiger partial charge in [0.25, 0.3) is 0 Å². The van der Waals surface area contributed by atoms with Gasteiger partial charge in [-0.15, -0.1) is 0 Å². The second-order valence-electron chi connectivity index (χ2n) is 5.07. The third-order valence-corrected chi connectivity index (χ3v) is 6.29. The molecule has 0 aromatic carbocycles. The van der Waals surface area contributed by atoms with E-state index in [0.717, 1.165) is 57.7 Å². The molecular weight excluding hydrogens is 287 g/mol. The quantitative estimate of drug-likeness (QED) is 0.342. The molecule has 0 aromatic heterocycles. The van der Waals surface area contributed by atoms with E-state index in [2.05, 4.69) is 13.8 Å². The fraction of sp³-hybridized carbons (Fsp3) is 1.00. The first-order chi connectivity index (χ1) is 10.2. The Morgan fingerprint density at radius 1 is 0.762 bits per heavy atom. The Kier molecular flexibility index (Phi) is 13.8. The normalized spacial score (nSPS) is 11.9. The molecule has 0 rings (SSSR count). The Morgan fingerprint density at radius 3 is 1.62 bits per heavy atom. The van der Waals surface area contributed by atoms with Crippen LogP contribution in [0.3, 0.4) is 0 Å². The number of rotatable bonds is 15. The van der Waals surface area contributed by atoms with Gasteiger partial charge in [-0.25, -0.2) is 0 Å². The average molecular weight is 320 g/mol. The van der Waals surface area contributed by atoms with E-state index in [4.69, 9.17) is 22.6 Å². The van der Waals surface area contributed by atoms with Gasteiger partial charge in [0.05, 0.1) is 0 Å². The zero-order valence-corrected chi connectivity index (χ0v) is 15.5. The lowest BCUT2D eigenvalue weighted by Crippen LogP contribution is -2.42. The fourth-order valence-corrected chi connectivity index (χ4v) is 3.72. The maximum atomic E-state index is 5.82. The summed E-state index contributed by atoms with van der Waals surface area (Å²) in [6, 6.07) is 0.779. The zero-order valence-electron chi connectivity index (χ0n) is 14.5. The van der Waals surface area contributed by atoms with E-state index < -0.39 is 8.80 Å². The SMILES string of the molecule is CCCCOB(CCC[Si](OC)(OC)OC)OCCCC. The van der Waals surface area contributed by atoms with Crippen molar-refractivity contribution in [3.8, 4) is 0 Å². The number of hydrogen-bond acceptors (Lipinski definition) is 5. The summed E-state index contributed by atoms with van der Waals surface area (Å²) < 4.78 is 27.9. The number of unbranched alkanes of at least 4 members (excludes halogenated alkanes) is 2. The summed E-state index contributed by atoms with van der Waals surface area (Å²) in [5.74, 6) is 0. The molecule has 0 spiro atoms. The molecule has 5 nitrogen and oxygen atoms in total. The van der Waals surface area contributed by atoms with Gasteiger partial charge in [0.1, 0.15) is 0 Å². The predicted octanol–water partition coefficient (Wildman–Crippen LogP) is 3.38. The number of hydrogen-bond donors (Lipinski definition) is 0. The maximum absolute atomic E-state index is 5.82. The average Bonchev–Trinajstić information content (AvgIpc) is 2.52. The molecule has 0 saturated carbocycles. The van der Waals surface area contributed by atoms with E-state index in [1.807, 2.05) is 0 Å². The van der Waals surface area contributed by atoms with Crippen molar-refractivity contribution in [1.82, 2.24) is 0 Å². The minimum atomic E-state index is -2.47. The molecule has 0 amide bonds. The largest absolute Gasteiger partial charge is 0.500 e. The molecule has 0 fully saturated rings. The highest BCUT2D eigenvalue weighted by molar-refractivity contribution is 6.60. The van der Waals surface area contributed by atoms with Crippen molar-refractivity contribution in [1.29, 1.82) is 0 Å². The lowest BCUT2D eigenvalue weighted by molar-refractivity contribution is 0.123. The molecule has 0 aromatic rings. The van der Waals surface area contributed by atoms with E-state index in [0.29, 0.717) is 0 Å². The molecule has 126 valence electrons. The summed E-state index contributed by atoms with van der Waals surface area (Å²) in [4.78, 5) is 0. The van der Waals surface area contributed by atoms with Crippen LogP contribution < -0.4 is 0 Å². The van der Waals surface area contributed by atoms with Gasteiger partial charge in [-0.3, -0.25) is 0 Å². The summed E-state index contributed by atoms with van der Waals surface area (Å²) >= 11 is 0. The van der Waals surface area contributed by atoms with Crippen LogP contribution >= 0.6 is 0 Å². The van der Waals surface area contributed by atoms with E-state index in [9.17, 15) is 0 Å². The van der Waals surface area contributed by atoms with Crippen LogP contribution in [-0.4, -0.2) is 50.5 Å². The summed E-state index contributed by atoms with van der Waals surface area (Å²) in [7, 11) is 2.34. The van der Waals surface area contributed by atoms with Crippen LogP contribution in [0.25, 0.3) is 0 Å². The Balaban J connectivity index is 4.12. The van der Waals surface area contributed by atoms with Gasteiger partial charge in [-0.1, -0.05) is 33.1 Å². The minimum absolute atomic E-state index is 0.125. The third kappa shape index (κ3) is 9.65. The van der Waals surface area contributed by atoms with Crippen molar-refractivity contribution >= 4 is 15.9 Å². The van der Waals surface area contributed by atoms with Gasteiger partial charge in [0, 0.05) is 40.6 Å². The molecule has 0 bridgehead atoms. The summed E-state index contributed by atoms with van der Waals surface area (Å²) in [6.45, 7) is 5.83. The van der Waals surface area contributed by atoms with Crippen molar-refractivity contribution in [2.24, 2.45) is 0 Å². The van der Waals surface area contributed by atoms with E-state index in [-0.39, 0.29) is 7.12 Å². The highest BCUT2D eigenvalue weighted by Gasteiger charge is 2.37. The predicted molar refractivity (Wildman–Crippen MR) is 88.5 cm³/mol. The summed E-state index contributed by atoms with van der Waals surface area (Å²) in [6.07, 6.45) is 6.16. The van der Waals surface area contributed by atoms with Crippen molar-refractivity contribution in [2.75, 3.05) is 34.5 Å². The topological polar surface area (TPSA) is 46.2 Å². The Hall–Kier alpha value is 0.0818. The van der Waals surface area contributed by atoms with Crippen LogP contribution in [0.15, 0.2) is 0 Å². The fourth-order valence-electron chi connectivity index (χ4n) is 1.97. The zero-order chi connectivity index (χ0) is 16.0. The molecule has 0 aliphatic heterocycles. The van der Waals surface area contributed by atoms with Gasteiger partial charge >= 0.3 is 15.9 Å². The first-order valence-electron chi connectivity index (χ1n) is 8.06. The van der Waals surface area contributed by atoms with E-state index in [1.54, 1.807) is 21.3 Å². The van der Waals surface area contributed by atoms with Crippen LogP contribution in [-0.2, 0) is 22.6 Å². The first-order valence-corrected chi connectivity index (χ1v) is 9.99. The van der Waals surface area contributed by atoms with Crippen molar-refractivity contribution in [3.05, 3.63) is 0 Å². The Morgan fingerprint density at radius 2 is 1.24 bits per heavy atom. The lowest BCUT2D eigenvalue weighted by atomic mass is 9.83. The van der Waals surface area contributed by atoms with Gasteiger partial charge in [-0.05, 0) is 19.2 Å². The highest BCUT2D eigenvalue weighted by Crippen LogP contribution is 2.18. The molecule has 21 heavy (non-hydrogen) atoms. The monoisotopic (exact) mass is 320 g/mol. The van der Waals surface area contributed by atoms with E-state index >= 15 is 0 Å². The van der Waals surface area contributed by atoms with E-state index in [1.165, 1.54) is 0 Å². The smallest absolute Gasteiger partial charge is 0.411 e. The second-order valence-corrected chi connectivity index (χ2v) is 8.16. The molecule has 0 unspecified atom stereocenters.